The molecule has 0 saturated carbocycles. The van der Waals surface area contributed by atoms with Crippen LogP contribution in [0.3, 0.4) is 0 Å². The molecule has 1 atom stereocenters. The van der Waals surface area contributed by atoms with Gasteiger partial charge in [0.05, 0.1) is 0 Å². The first-order chi connectivity index (χ1) is 7.79. The maximum Gasteiger partial charge on any atom is 0.516 e. The Hall–Kier alpha value is -1.10. The monoisotopic (exact) mass is 243 g/mol. The highest BCUT2D eigenvalue weighted by atomic mass is 16.7. The molecule has 0 radical (unpaired) electrons. The van der Waals surface area contributed by atoms with Crippen molar-refractivity contribution in [2.24, 2.45) is 0 Å². The number of hydrogen-bond donors (Lipinski definition) is 0. The van der Waals surface area contributed by atoms with Crippen molar-refractivity contribution in [1.29, 1.82) is 0 Å². The molecule has 0 aromatic rings. The van der Waals surface area contributed by atoms with Crippen molar-refractivity contribution in [2.45, 2.75) is 51.7 Å². The predicted molar refractivity (Wildman–Crippen MR) is 62.6 cm³/mol. The molecule has 17 heavy (non-hydrogen) atoms. The largest absolute Gasteiger partial charge is 0.516 e. The summed E-state index contributed by atoms with van der Waals surface area (Å²) in [5.41, 5.74) is -0.643. The number of carbonyl (C=O) groups is 2. The van der Waals surface area contributed by atoms with Gasteiger partial charge in [-0.15, -0.1) is 0 Å². The fraction of sp³-hybridized carbons (Fsp3) is 0.833. The van der Waals surface area contributed by atoms with Gasteiger partial charge in [0, 0.05) is 0 Å². The molecule has 5 heteroatoms. The van der Waals surface area contributed by atoms with Crippen molar-refractivity contribution in [3.05, 3.63) is 0 Å². The van der Waals surface area contributed by atoms with E-state index in [-0.39, 0.29) is 6.04 Å². The molecule has 0 N–H and O–H groups in total. The lowest BCUT2D eigenvalue weighted by molar-refractivity contribution is -0.148. The SMILES string of the molecule is CN1CCCCC1C(=O)OC(=O)OC(C)(C)C. The zero-order valence-electron chi connectivity index (χ0n) is 11.0. The molecule has 5 nitrogen and oxygen atoms in total. The number of piperidine rings is 1. The van der Waals surface area contributed by atoms with Crippen molar-refractivity contribution >= 4 is 12.1 Å². The summed E-state index contributed by atoms with van der Waals surface area (Å²) in [5, 5.41) is 0. The van der Waals surface area contributed by atoms with E-state index in [4.69, 9.17) is 9.47 Å². The van der Waals surface area contributed by atoms with Crippen molar-refractivity contribution in [1.82, 2.24) is 4.90 Å². The second-order valence-electron chi connectivity index (χ2n) is 5.38. The Morgan fingerprint density at radius 1 is 1.24 bits per heavy atom. The van der Waals surface area contributed by atoms with E-state index in [9.17, 15) is 9.59 Å². The summed E-state index contributed by atoms with van der Waals surface area (Å²) in [5.74, 6) is -0.513. The highest BCUT2D eigenvalue weighted by molar-refractivity contribution is 5.85. The van der Waals surface area contributed by atoms with E-state index in [1.807, 2.05) is 11.9 Å². The molecule has 1 saturated heterocycles. The Bertz CT molecular complexity index is 295. The minimum Gasteiger partial charge on any atom is -0.428 e. The van der Waals surface area contributed by atoms with Gasteiger partial charge in [-0.3, -0.25) is 4.90 Å². The highest BCUT2D eigenvalue weighted by Gasteiger charge is 2.30. The summed E-state index contributed by atoms with van der Waals surface area (Å²) >= 11 is 0. The number of esters is 1. The van der Waals surface area contributed by atoms with Crippen LogP contribution in [0.25, 0.3) is 0 Å². The smallest absolute Gasteiger partial charge is 0.428 e. The second-order valence-corrected chi connectivity index (χ2v) is 5.38. The lowest BCUT2D eigenvalue weighted by atomic mass is 10.0. The van der Waals surface area contributed by atoms with Gasteiger partial charge in [-0.05, 0) is 47.2 Å². The molecule has 1 fully saturated rings. The number of rotatable bonds is 1. The van der Waals surface area contributed by atoms with Crippen LogP contribution in [0.4, 0.5) is 4.79 Å². The standard InChI is InChI=1S/C12H21NO4/c1-12(2,3)17-11(15)16-10(14)9-7-5-6-8-13(9)4/h9H,5-8H2,1-4H3. The van der Waals surface area contributed by atoms with E-state index in [2.05, 4.69) is 0 Å². The van der Waals surface area contributed by atoms with Gasteiger partial charge in [0.25, 0.3) is 0 Å². The summed E-state index contributed by atoms with van der Waals surface area (Å²) in [6, 6.07) is -0.323. The molecule has 0 amide bonds. The average molecular weight is 243 g/mol. The van der Waals surface area contributed by atoms with Crippen LogP contribution in [0.15, 0.2) is 0 Å². The van der Waals surface area contributed by atoms with Crippen LogP contribution in [0.2, 0.25) is 0 Å². The van der Waals surface area contributed by atoms with Crippen LogP contribution in [0, 0.1) is 0 Å². The first-order valence-electron chi connectivity index (χ1n) is 5.94. The molecule has 1 rings (SSSR count). The Kier molecular flexibility index (Phi) is 4.51. The number of carbonyl (C=O) groups excluding carboxylic acids is 2. The van der Waals surface area contributed by atoms with Crippen molar-refractivity contribution in [3.8, 4) is 0 Å². The first kappa shape index (κ1) is 14.0. The van der Waals surface area contributed by atoms with E-state index < -0.39 is 17.7 Å². The molecular weight excluding hydrogens is 222 g/mol. The van der Waals surface area contributed by atoms with Crippen LogP contribution < -0.4 is 0 Å². The van der Waals surface area contributed by atoms with Gasteiger partial charge in [-0.1, -0.05) is 6.42 Å². The third-order valence-electron chi connectivity index (χ3n) is 2.62. The zero-order chi connectivity index (χ0) is 13.1. The van der Waals surface area contributed by atoms with Gasteiger partial charge in [0.1, 0.15) is 11.6 Å². The molecular formula is C12H21NO4. The quantitative estimate of drug-likeness (QED) is 0.520. The molecule has 1 unspecified atom stereocenters. The number of nitrogens with zero attached hydrogens (tertiary/aromatic N) is 1. The topological polar surface area (TPSA) is 55.8 Å². The summed E-state index contributed by atoms with van der Waals surface area (Å²) < 4.78 is 9.63. The van der Waals surface area contributed by atoms with Crippen LogP contribution in [0.5, 0.6) is 0 Å². The Morgan fingerprint density at radius 2 is 1.88 bits per heavy atom. The minimum absolute atomic E-state index is 0.323. The summed E-state index contributed by atoms with van der Waals surface area (Å²) in [4.78, 5) is 25.0. The predicted octanol–water partition coefficient (Wildman–Crippen LogP) is 1.95. The maximum atomic E-state index is 11.7. The molecule has 0 spiro atoms. The van der Waals surface area contributed by atoms with Crippen molar-refractivity contribution in [2.75, 3.05) is 13.6 Å². The van der Waals surface area contributed by atoms with E-state index in [1.165, 1.54) is 0 Å². The van der Waals surface area contributed by atoms with Crippen molar-refractivity contribution in [3.63, 3.8) is 0 Å². The molecule has 0 bridgehead atoms. The minimum atomic E-state index is -0.915. The van der Waals surface area contributed by atoms with E-state index >= 15 is 0 Å². The first-order valence-corrected chi connectivity index (χ1v) is 5.94. The molecule has 1 aliphatic rings. The maximum absolute atomic E-state index is 11.7. The summed E-state index contributed by atoms with van der Waals surface area (Å²) in [6.45, 7) is 6.04. The average Bonchev–Trinajstić information content (AvgIpc) is 2.14. The zero-order valence-corrected chi connectivity index (χ0v) is 11.0. The molecule has 98 valence electrons. The van der Waals surface area contributed by atoms with E-state index in [0.717, 1.165) is 25.8 Å². The van der Waals surface area contributed by atoms with Gasteiger partial charge in [0.2, 0.25) is 0 Å². The molecule has 0 aromatic heterocycles. The highest BCUT2D eigenvalue weighted by Crippen LogP contribution is 2.17. The van der Waals surface area contributed by atoms with Crippen LogP contribution in [-0.4, -0.2) is 42.3 Å². The van der Waals surface area contributed by atoms with Crippen LogP contribution >= 0.6 is 0 Å². The third-order valence-corrected chi connectivity index (χ3v) is 2.62. The lowest BCUT2D eigenvalue weighted by Crippen LogP contribution is -2.44. The van der Waals surface area contributed by atoms with E-state index in [0.29, 0.717) is 0 Å². The second kappa shape index (κ2) is 5.49. The Morgan fingerprint density at radius 3 is 2.41 bits per heavy atom. The fourth-order valence-electron chi connectivity index (χ4n) is 1.79. The molecule has 0 aromatic carbocycles. The van der Waals surface area contributed by atoms with Crippen molar-refractivity contribution < 1.29 is 19.1 Å². The number of ether oxygens (including phenoxy) is 2. The molecule has 1 heterocycles. The van der Waals surface area contributed by atoms with Gasteiger partial charge < -0.3 is 9.47 Å². The number of likely N-dealkylation sites (tertiary alicyclic amines) is 1. The Balaban J connectivity index is 2.45. The van der Waals surface area contributed by atoms with Crippen LogP contribution in [-0.2, 0) is 14.3 Å². The summed E-state index contributed by atoms with van der Waals surface area (Å²) in [6.07, 6.45) is 1.88. The van der Waals surface area contributed by atoms with Gasteiger partial charge >= 0.3 is 12.1 Å². The molecule has 1 aliphatic heterocycles. The van der Waals surface area contributed by atoms with Gasteiger partial charge in [-0.25, -0.2) is 9.59 Å². The number of hydrogen-bond acceptors (Lipinski definition) is 5. The van der Waals surface area contributed by atoms with E-state index in [1.54, 1.807) is 20.8 Å². The van der Waals surface area contributed by atoms with Crippen LogP contribution in [0.1, 0.15) is 40.0 Å². The molecule has 0 aliphatic carbocycles. The Labute approximate surface area is 102 Å². The third kappa shape index (κ3) is 4.73. The lowest BCUT2D eigenvalue weighted by Gasteiger charge is -2.30. The summed E-state index contributed by atoms with van der Waals surface area (Å²) in [7, 11) is 1.86. The normalized spacial score (nSPS) is 22.0. The van der Waals surface area contributed by atoms with Gasteiger partial charge in [-0.2, -0.15) is 0 Å². The number of likely N-dealkylation sites (N-methyl/N-ethyl adjacent to an activating group) is 1. The van der Waals surface area contributed by atoms with Gasteiger partial charge in [0.15, 0.2) is 0 Å². The fourth-order valence-corrected chi connectivity index (χ4v) is 1.79.